The van der Waals surface area contributed by atoms with Crippen LogP contribution in [0.1, 0.15) is 32.4 Å². The Balaban J connectivity index is 2.27. The summed E-state index contributed by atoms with van der Waals surface area (Å²) in [5, 5.41) is 13.4. The third-order valence-electron chi connectivity index (χ3n) is 2.66. The van der Waals surface area contributed by atoms with Crippen molar-refractivity contribution in [2.45, 2.75) is 32.4 Å². The molecule has 5 heteroatoms. The number of aliphatic hydroxyl groups excluding tert-OH is 1. The number of aromatic amines is 1. The summed E-state index contributed by atoms with van der Waals surface area (Å²) in [6.45, 7) is 6.47. The van der Waals surface area contributed by atoms with E-state index in [0.717, 1.165) is 0 Å². The number of benzene rings is 1. The van der Waals surface area contributed by atoms with E-state index < -0.39 is 11.9 Å². The Kier molecular flexibility index (Phi) is 3.28. The molecule has 0 fully saturated rings. The van der Waals surface area contributed by atoms with Crippen molar-refractivity contribution in [1.82, 2.24) is 10.3 Å². The third-order valence-corrected chi connectivity index (χ3v) is 2.66. The van der Waals surface area contributed by atoms with Crippen LogP contribution in [0.25, 0.3) is 11.1 Å². The van der Waals surface area contributed by atoms with E-state index in [1.807, 2.05) is 20.8 Å². The van der Waals surface area contributed by atoms with E-state index in [0.29, 0.717) is 23.2 Å². The fraction of sp³-hybridized carbons (Fsp3) is 0.462. The zero-order valence-electron chi connectivity index (χ0n) is 10.8. The first kappa shape index (κ1) is 12.9. The Labute approximate surface area is 105 Å². The maximum Gasteiger partial charge on any atom is 0.417 e. The van der Waals surface area contributed by atoms with Crippen molar-refractivity contribution in [3.63, 3.8) is 0 Å². The largest absolute Gasteiger partial charge is 0.417 e. The van der Waals surface area contributed by atoms with Gasteiger partial charge in [0.2, 0.25) is 0 Å². The number of fused-ring (bicyclic) bond motifs is 1. The summed E-state index contributed by atoms with van der Waals surface area (Å²) in [4.78, 5) is 13.7. The molecule has 0 unspecified atom stereocenters. The molecule has 0 aliphatic rings. The Hall–Kier alpha value is -1.59. The predicted molar refractivity (Wildman–Crippen MR) is 69.6 cm³/mol. The van der Waals surface area contributed by atoms with Crippen molar-refractivity contribution in [2.75, 3.05) is 6.54 Å². The van der Waals surface area contributed by atoms with E-state index in [-0.39, 0.29) is 5.54 Å². The average molecular weight is 250 g/mol. The molecule has 0 saturated carbocycles. The highest BCUT2D eigenvalue weighted by atomic mass is 16.4. The Bertz CT molecular complexity index is 592. The number of aromatic nitrogens is 1. The molecule has 1 aromatic heterocycles. The molecule has 0 aliphatic heterocycles. The van der Waals surface area contributed by atoms with Gasteiger partial charge in [-0.15, -0.1) is 0 Å². The lowest BCUT2D eigenvalue weighted by molar-refractivity contribution is 0.163. The minimum Gasteiger partial charge on any atom is -0.407 e. The van der Waals surface area contributed by atoms with E-state index in [9.17, 15) is 9.90 Å². The molecule has 98 valence electrons. The van der Waals surface area contributed by atoms with Gasteiger partial charge in [0.15, 0.2) is 5.58 Å². The van der Waals surface area contributed by atoms with Gasteiger partial charge in [-0.05, 0) is 26.8 Å². The van der Waals surface area contributed by atoms with Crippen LogP contribution in [0.15, 0.2) is 27.4 Å². The SMILES string of the molecule is CC(C)(C)NC[C@H](O)c1cccc2[nH]c(=O)oc12. The van der Waals surface area contributed by atoms with Crippen LogP contribution in [0.3, 0.4) is 0 Å². The van der Waals surface area contributed by atoms with Crippen LogP contribution in [-0.4, -0.2) is 22.2 Å². The van der Waals surface area contributed by atoms with Crippen LogP contribution in [0.5, 0.6) is 0 Å². The fourth-order valence-electron chi connectivity index (χ4n) is 1.77. The summed E-state index contributed by atoms with van der Waals surface area (Å²) in [7, 11) is 0. The number of hydrogen-bond acceptors (Lipinski definition) is 4. The molecule has 0 spiro atoms. The summed E-state index contributed by atoms with van der Waals surface area (Å²) in [5.41, 5.74) is 1.56. The second-order valence-electron chi connectivity index (χ2n) is 5.39. The smallest absolute Gasteiger partial charge is 0.407 e. The van der Waals surface area contributed by atoms with Gasteiger partial charge >= 0.3 is 5.76 Å². The quantitative estimate of drug-likeness (QED) is 0.772. The molecule has 0 saturated heterocycles. The van der Waals surface area contributed by atoms with Gasteiger partial charge in [-0.2, -0.15) is 0 Å². The molecule has 1 atom stereocenters. The maximum absolute atomic E-state index is 11.2. The van der Waals surface area contributed by atoms with Crippen LogP contribution < -0.4 is 11.1 Å². The molecule has 0 amide bonds. The van der Waals surface area contributed by atoms with E-state index in [2.05, 4.69) is 10.3 Å². The molecular formula is C13H18N2O3. The number of β-amino-alcohol motifs (C(OH)–C–C–N with tert-alkyl or cyclic N) is 1. The lowest BCUT2D eigenvalue weighted by Crippen LogP contribution is -2.38. The number of para-hydroxylation sites is 1. The molecule has 3 N–H and O–H groups in total. The first-order chi connectivity index (χ1) is 8.37. The molecule has 2 aromatic rings. The number of hydrogen-bond donors (Lipinski definition) is 3. The standard InChI is InChI=1S/C13H18N2O3/c1-13(2,3)14-7-10(16)8-5-4-6-9-11(8)18-12(17)15-9/h4-6,10,14,16H,7H2,1-3H3,(H,15,17)/t10-/m0/s1. The summed E-state index contributed by atoms with van der Waals surface area (Å²) in [6.07, 6.45) is -0.716. The Morgan fingerprint density at radius 2 is 2.17 bits per heavy atom. The lowest BCUT2D eigenvalue weighted by Gasteiger charge is -2.23. The molecule has 5 nitrogen and oxygen atoms in total. The molecule has 0 radical (unpaired) electrons. The number of oxazole rings is 1. The van der Waals surface area contributed by atoms with Crippen LogP contribution in [-0.2, 0) is 0 Å². The van der Waals surface area contributed by atoms with Crippen LogP contribution >= 0.6 is 0 Å². The number of nitrogens with one attached hydrogen (secondary N) is 2. The lowest BCUT2D eigenvalue weighted by atomic mass is 10.1. The fourth-order valence-corrected chi connectivity index (χ4v) is 1.77. The molecule has 1 heterocycles. The van der Waals surface area contributed by atoms with E-state index in [1.165, 1.54) is 0 Å². The number of aliphatic hydroxyl groups is 1. The van der Waals surface area contributed by atoms with Gasteiger partial charge in [0, 0.05) is 17.6 Å². The van der Waals surface area contributed by atoms with Crippen molar-refractivity contribution in [2.24, 2.45) is 0 Å². The topological polar surface area (TPSA) is 78.3 Å². The van der Waals surface area contributed by atoms with Crippen LogP contribution in [0, 0.1) is 0 Å². The van der Waals surface area contributed by atoms with Gasteiger partial charge in [-0.1, -0.05) is 12.1 Å². The van der Waals surface area contributed by atoms with Gasteiger partial charge in [0.1, 0.15) is 0 Å². The third kappa shape index (κ3) is 2.80. The summed E-state index contributed by atoms with van der Waals surface area (Å²) in [6, 6.07) is 5.28. The van der Waals surface area contributed by atoms with Gasteiger partial charge in [0.25, 0.3) is 0 Å². The summed E-state index contributed by atoms with van der Waals surface area (Å²) < 4.78 is 5.05. The highest BCUT2D eigenvalue weighted by molar-refractivity contribution is 5.76. The summed E-state index contributed by atoms with van der Waals surface area (Å²) in [5.74, 6) is -0.506. The Morgan fingerprint density at radius 1 is 1.44 bits per heavy atom. The van der Waals surface area contributed by atoms with Crippen LogP contribution in [0.2, 0.25) is 0 Å². The monoisotopic (exact) mass is 250 g/mol. The predicted octanol–water partition coefficient (Wildman–Crippen LogP) is 1.54. The van der Waals surface area contributed by atoms with Gasteiger partial charge < -0.3 is 14.8 Å². The molecule has 18 heavy (non-hydrogen) atoms. The average Bonchev–Trinajstić information content (AvgIpc) is 2.64. The molecule has 2 rings (SSSR count). The Morgan fingerprint density at radius 3 is 2.83 bits per heavy atom. The van der Waals surface area contributed by atoms with Crippen molar-refractivity contribution in [3.8, 4) is 0 Å². The summed E-state index contributed by atoms with van der Waals surface area (Å²) >= 11 is 0. The van der Waals surface area contributed by atoms with E-state index in [1.54, 1.807) is 18.2 Å². The minimum absolute atomic E-state index is 0.0755. The van der Waals surface area contributed by atoms with E-state index in [4.69, 9.17) is 4.42 Å². The molecule has 1 aromatic carbocycles. The molecular weight excluding hydrogens is 232 g/mol. The van der Waals surface area contributed by atoms with Gasteiger partial charge in [0.05, 0.1) is 11.6 Å². The van der Waals surface area contributed by atoms with E-state index >= 15 is 0 Å². The highest BCUT2D eigenvalue weighted by Crippen LogP contribution is 2.22. The second kappa shape index (κ2) is 4.59. The number of H-pyrrole nitrogens is 1. The molecule has 0 bridgehead atoms. The van der Waals surface area contributed by atoms with Crippen molar-refractivity contribution in [3.05, 3.63) is 34.3 Å². The maximum atomic E-state index is 11.2. The zero-order valence-corrected chi connectivity index (χ0v) is 10.8. The van der Waals surface area contributed by atoms with Crippen molar-refractivity contribution < 1.29 is 9.52 Å². The van der Waals surface area contributed by atoms with Gasteiger partial charge in [-0.3, -0.25) is 4.98 Å². The van der Waals surface area contributed by atoms with Crippen molar-refractivity contribution >= 4 is 11.1 Å². The van der Waals surface area contributed by atoms with Crippen molar-refractivity contribution in [1.29, 1.82) is 0 Å². The highest BCUT2D eigenvalue weighted by Gasteiger charge is 2.17. The normalized spacial score (nSPS) is 14.0. The van der Waals surface area contributed by atoms with Crippen LogP contribution in [0.4, 0.5) is 0 Å². The minimum atomic E-state index is -0.716. The first-order valence-electron chi connectivity index (χ1n) is 5.92. The number of rotatable bonds is 3. The molecule has 0 aliphatic carbocycles. The van der Waals surface area contributed by atoms with Gasteiger partial charge in [-0.25, -0.2) is 4.79 Å². The zero-order chi connectivity index (χ0) is 13.3. The first-order valence-corrected chi connectivity index (χ1v) is 5.92. The second-order valence-corrected chi connectivity index (χ2v) is 5.39.